The number of hydrogen-bond donors (Lipinski definition) is 1. The number of carbonyl (C=O) groups is 1. The lowest BCUT2D eigenvalue weighted by atomic mass is 10.3. The van der Waals surface area contributed by atoms with E-state index in [0.29, 0.717) is 0 Å². The first kappa shape index (κ1) is 13.3. The van der Waals surface area contributed by atoms with Gasteiger partial charge in [0.1, 0.15) is 10.7 Å². The molecule has 0 fully saturated rings. The predicted molar refractivity (Wildman–Crippen MR) is 54.7 cm³/mol. The van der Waals surface area contributed by atoms with Gasteiger partial charge in [-0.25, -0.2) is 4.98 Å². The van der Waals surface area contributed by atoms with Crippen LogP contribution in [-0.2, 0) is 0 Å². The van der Waals surface area contributed by atoms with E-state index in [0.717, 1.165) is 0 Å². The first-order chi connectivity index (χ1) is 5.95. The number of aromatic carboxylic acids is 1. The molecule has 0 bridgehead atoms. The minimum absolute atomic E-state index is 0. The maximum Gasteiger partial charge on any atom is 0.150 e. The smallest absolute Gasteiger partial charge is 0.150 e. The Labute approximate surface area is 95.6 Å². The normalized spacial score (nSPS) is 9.36. The Morgan fingerprint density at radius 2 is 1.79 bits per heavy atom. The van der Waals surface area contributed by atoms with Crippen molar-refractivity contribution in [1.29, 1.82) is 0 Å². The highest BCUT2D eigenvalue weighted by Gasteiger charge is 2.14. The Kier molecular flexibility index (Phi) is 4.45. The number of aromatic nitrogens is 1. The second-order valence-corrected chi connectivity index (χ2v) is 3.19. The molecule has 78 valence electrons. The molecule has 0 unspecified atom stereocenters. The van der Waals surface area contributed by atoms with Gasteiger partial charge in [-0.2, -0.15) is 0 Å². The Morgan fingerprint density at radius 1 is 1.29 bits per heavy atom. The summed E-state index contributed by atoms with van der Waals surface area (Å²) in [6.45, 7) is 0. The van der Waals surface area contributed by atoms with Gasteiger partial charge in [-0.05, 0) is 0 Å². The summed E-state index contributed by atoms with van der Waals surface area (Å²) in [5.74, 6) is -1.56. The number of hydrogen-bond acceptors (Lipinski definition) is 4. The summed E-state index contributed by atoms with van der Waals surface area (Å²) in [5.41, 5.74) is 4.70. The number of carboxylic acid groups (broad SMARTS) is 1. The summed E-state index contributed by atoms with van der Waals surface area (Å²) < 4.78 is 0. The monoisotopic (exact) mass is 255 g/mol. The number of halogens is 3. The Hall–Kier alpha value is -0.710. The van der Waals surface area contributed by atoms with Gasteiger partial charge in [0.15, 0.2) is 5.15 Å². The van der Waals surface area contributed by atoms with Gasteiger partial charge >= 0.3 is 0 Å². The predicted octanol–water partition coefficient (Wildman–Crippen LogP) is 1.62. The van der Waals surface area contributed by atoms with E-state index < -0.39 is 11.7 Å². The highest BCUT2D eigenvalue weighted by atomic mass is 35.5. The molecular weight excluding hydrogens is 250 g/mol. The van der Waals surface area contributed by atoms with Crippen LogP contribution in [0.4, 0.5) is 5.69 Å². The quantitative estimate of drug-likeness (QED) is 0.775. The Morgan fingerprint density at radius 3 is 2.21 bits per heavy atom. The molecule has 14 heavy (non-hydrogen) atoms. The minimum Gasteiger partial charge on any atom is -0.543 e. The van der Waals surface area contributed by atoms with E-state index in [-0.39, 0.29) is 28.3 Å². The molecule has 1 aromatic heterocycles. The number of carbonyl (C=O) groups excluding carboxylic acids is 1. The molecule has 4 nitrogen and oxygen atoms in total. The van der Waals surface area contributed by atoms with Crippen LogP contribution in [0.2, 0.25) is 15.2 Å². The highest BCUT2D eigenvalue weighted by molar-refractivity contribution is 6.45. The van der Waals surface area contributed by atoms with Crippen molar-refractivity contribution in [3.8, 4) is 0 Å². The lowest BCUT2D eigenvalue weighted by Gasteiger charge is -2.08. The number of pyridine rings is 1. The zero-order valence-electron chi connectivity index (χ0n) is 5.97. The van der Waals surface area contributed by atoms with Crippen molar-refractivity contribution < 1.29 is 9.90 Å². The van der Waals surface area contributed by atoms with Crippen LogP contribution in [-0.4, -0.2) is 11.0 Å². The molecule has 0 saturated carbocycles. The zero-order chi connectivity index (χ0) is 10.2. The molecule has 0 spiro atoms. The summed E-state index contributed by atoms with van der Waals surface area (Å²) in [5, 5.41) is 9.86. The molecule has 0 amide bonds. The number of anilines is 1. The molecule has 0 aliphatic rings. The van der Waals surface area contributed by atoms with Crippen molar-refractivity contribution in [2.45, 2.75) is 7.43 Å². The van der Waals surface area contributed by atoms with Gasteiger partial charge in [0.05, 0.1) is 16.7 Å². The largest absolute Gasteiger partial charge is 0.543 e. The third-order valence-corrected chi connectivity index (χ3v) is 2.40. The van der Waals surface area contributed by atoms with Crippen LogP contribution in [0.25, 0.3) is 0 Å². The highest BCUT2D eigenvalue weighted by Crippen LogP contribution is 2.33. The second kappa shape index (κ2) is 4.68. The van der Waals surface area contributed by atoms with Crippen molar-refractivity contribution in [2.24, 2.45) is 0 Å². The fourth-order valence-corrected chi connectivity index (χ4v) is 1.25. The van der Waals surface area contributed by atoms with Gasteiger partial charge in [-0.15, -0.1) is 0 Å². The first-order valence-electron chi connectivity index (χ1n) is 2.96. The Bertz CT molecular complexity index is 382. The molecule has 0 aliphatic carbocycles. The molecule has 0 radical (unpaired) electrons. The fraction of sp³-hybridized carbons (Fsp3) is 0.143. The van der Waals surface area contributed by atoms with Gasteiger partial charge in [0.2, 0.25) is 0 Å². The third kappa shape index (κ3) is 2.20. The lowest BCUT2D eigenvalue weighted by molar-refractivity contribution is -0.255. The first-order valence-corrected chi connectivity index (χ1v) is 4.09. The SMILES string of the molecule is C.Nc1c(Cl)c(Cl)nc(C(=O)[O-])c1Cl. The average molecular weight is 256 g/mol. The summed E-state index contributed by atoms with van der Waals surface area (Å²) in [4.78, 5) is 13.8. The van der Waals surface area contributed by atoms with E-state index >= 15 is 0 Å². The maximum absolute atomic E-state index is 10.4. The number of nitrogens with two attached hydrogens (primary N) is 1. The van der Waals surface area contributed by atoms with Crippen molar-refractivity contribution >= 4 is 46.5 Å². The van der Waals surface area contributed by atoms with E-state index in [1.165, 1.54) is 0 Å². The van der Waals surface area contributed by atoms with Crippen molar-refractivity contribution in [3.63, 3.8) is 0 Å². The fourth-order valence-electron chi connectivity index (χ4n) is 0.667. The molecule has 1 aromatic rings. The topological polar surface area (TPSA) is 79.0 Å². The van der Waals surface area contributed by atoms with Crippen LogP contribution in [0.1, 0.15) is 17.9 Å². The van der Waals surface area contributed by atoms with Crippen LogP contribution in [0, 0.1) is 0 Å². The number of carboxylic acids is 1. The molecule has 7 heteroatoms. The van der Waals surface area contributed by atoms with Gasteiger partial charge < -0.3 is 15.6 Å². The van der Waals surface area contributed by atoms with E-state index in [1.54, 1.807) is 0 Å². The standard InChI is InChI=1S/C6H3Cl3N2O2.CH4/c7-1-3(10)2(8)5(9)11-4(1)6(12)13;/h(H2,10,11)(H,12,13);1H4/p-1. The van der Waals surface area contributed by atoms with E-state index in [2.05, 4.69) is 4.98 Å². The molecule has 0 saturated heterocycles. The van der Waals surface area contributed by atoms with E-state index in [4.69, 9.17) is 40.5 Å². The molecular formula is C7H6Cl3N2O2-. The van der Waals surface area contributed by atoms with Crippen LogP contribution >= 0.6 is 34.8 Å². The molecule has 0 atom stereocenters. The van der Waals surface area contributed by atoms with Crippen LogP contribution < -0.4 is 10.8 Å². The molecule has 2 N–H and O–H groups in total. The molecule has 1 rings (SSSR count). The number of nitrogens with zero attached hydrogens (tertiary/aromatic N) is 1. The van der Waals surface area contributed by atoms with Gasteiger partial charge in [-0.3, -0.25) is 0 Å². The maximum atomic E-state index is 10.4. The van der Waals surface area contributed by atoms with Gasteiger partial charge in [0, 0.05) is 0 Å². The lowest BCUT2D eigenvalue weighted by Crippen LogP contribution is -2.24. The zero-order valence-corrected chi connectivity index (χ0v) is 8.24. The van der Waals surface area contributed by atoms with E-state index in [1.807, 2.05) is 0 Å². The van der Waals surface area contributed by atoms with Crippen molar-refractivity contribution in [2.75, 3.05) is 5.73 Å². The Balaban J connectivity index is 0.00000169. The van der Waals surface area contributed by atoms with E-state index in [9.17, 15) is 9.90 Å². The average Bonchev–Trinajstić information content (AvgIpc) is 2.07. The van der Waals surface area contributed by atoms with Crippen LogP contribution in [0.5, 0.6) is 0 Å². The van der Waals surface area contributed by atoms with Gasteiger partial charge in [0.25, 0.3) is 0 Å². The minimum atomic E-state index is -1.56. The van der Waals surface area contributed by atoms with Crippen LogP contribution in [0.15, 0.2) is 0 Å². The molecule has 0 aromatic carbocycles. The summed E-state index contributed by atoms with van der Waals surface area (Å²) in [6, 6.07) is 0. The van der Waals surface area contributed by atoms with Crippen molar-refractivity contribution in [1.82, 2.24) is 4.98 Å². The summed E-state index contributed by atoms with van der Waals surface area (Å²) >= 11 is 16.5. The van der Waals surface area contributed by atoms with Gasteiger partial charge in [-0.1, -0.05) is 42.2 Å². The molecule has 0 aliphatic heterocycles. The third-order valence-electron chi connectivity index (χ3n) is 1.27. The summed E-state index contributed by atoms with van der Waals surface area (Å²) in [6.07, 6.45) is 0. The number of nitrogen functional groups attached to an aromatic ring is 1. The van der Waals surface area contributed by atoms with Crippen molar-refractivity contribution in [3.05, 3.63) is 20.9 Å². The van der Waals surface area contributed by atoms with Crippen LogP contribution in [0.3, 0.4) is 0 Å². The number of rotatable bonds is 1. The second-order valence-electron chi connectivity index (χ2n) is 2.08. The molecule has 1 heterocycles. The summed E-state index contributed by atoms with van der Waals surface area (Å²) in [7, 11) is 0.